The molecule has 174 valence electrons. The molecule has 0 N–H and O–H groups in total. The van der Waals surface area contributed by atoms with Crippen molar-refractivity contribution in [2.75, 3.05) is 26.2 Å². The Kier molecular flexibility index (Phi) is 19.7. The first kappa shape index (κ1) is 27.0. The van der Waals surface area contributed by atoms with E-state index in [2.05, 4.69) is 18.7 Å². The SMILES string of the molecule is CCCCCCCCCC(CCCCCCCCC)OCCCN1CCCCC1. The molecular formula is C27H55NO. The van der Waals surface area contributed by atoms with Gasteiger partial charge in [-0.2, -0.15) is 0 Å². The van der Waals surface area contributed by atoms with Gasteiger partial charge in [0.05, 0.1) is 6.10 Å². The van der Waals surface area contributed by atoms with Crippen LogP contribution in [0.1, 0.15) is 142 Å². The highest BCUT2D eigenvalue weighted by Crippen LogP contribution is 2.17. The van der Waals surface area contributed by atoms with E-state index < -0.39 is 0 Å². The molecule has 1 fully saturated rings. The molecule has 0 spiro atoms. The molecule has 0 aliphatic carbocycles. The summed E-state index contributed by atoms with van der Waals surface area (Å²) in [6.07, 6.45) is 28.3. The second-order valence-electron chi connectivity index (χ2n) is 9.57. The molecular weight excluding hydrogens is 354 g/mol. The molecule has 0 unspecified atom stereocenters. The molecule has 1 heterocycles. The van der Waals surface area contributed by atoms with Crippen molar-refractivity contribution in [1.29, 1.82) is 0 Å². The van der Waals surface area contributed by atoms with Gasteiger partial charge in [0, 0.05) is 13.2 Å². The van der Waals surface area contributed by atoms with Gasteiger partial charge in [-0.05, 0) is 45.2 Å². The molecule has 0 atom stereocenters. The number of likely N-dealkylation sites (tertiary alicyclic amines) is 1. The highest BCUT2D eigenvalue weighted by molar-refractivity contribution is 4.65. The number of hydrogen-bond acceptors (Lipinski definition) is 2. The van der Waals surface area contributed by atoms with E-state index >= 15 is 0 Å². The van der Waals surface area contributed by atoms with Crippen LogP contribution in [0.4, 0.5) is 0 Å². The van der Waals surface area contributed by atoms with Crippen molar-refractivity contribution >= 4 is 0 Å². The summed E-state index contributed by atoms with van der Waals surface area (Å²) in [6, 6.07) is 0. The lowest BCUT2D eigenvalue weighted by atomic mass is 10.0. The third-order valence-corrected chi connectivity index (χ3v) is 6.68. The Morgan fingerprint density at radius 2 is 1.07 bits per heavy atom. The van der Waals surface area contributed by atoms with E-state index in [-0.39, 0.29) is 0 Å². The normalized spacial score (nSPS) is 15.4. The molecule has 0 aromatic carbocycles. The molecule has 2 nitrogen and oxygen atoms in total. The van der Waals surface area contributed by atoms with Gasteiger partial charge in [-0.1, -0.05) is 110 Å². The van der Waals surface area contributed by atoms with Gasteiger partial charge >= 0.3 is 0 Å². The van der Waals surface area contributed by atoms with E-state index in [9.17, 15) is 0 Å². The van der Waals surface area contributed by atoms with Crippen LogP contribution in [0, 0.1) is 0 Å². The lowest BCUT2D eigenvalue weighted by molar-refractivity contribution is 0.0317. The van der Waals surface area contributed by atoms with E-state index in [1.165, 1.54) is 148 Å². The fraction of sp³-hybridized carbons (Fsp3) is 1.00. The second-order valence-corrected chi connectivity index (χ2v) is 9.57. The van der Waals surface area contributed by atoms with Crippen LogP contribution in [0.15, 0.2) is 0 Å². The van der Waals surface area contributed by atoms with Crippen molar-refractivity contribution in [3.63, 3.8) is 0 Å². The van der Waals surface area contributed by atoms with Crippen molar-refractivity contribution in [2.24, 2.45) is 0 Å². The fourth-order valence-corrected chi connectivity index (χ4v) is 4.69. The van der Waals surface area contributed by atoms with Crippen LogP contribution in [0.5, 0.6) is 0 Å². The average Bonchev–Trinajstić information content (AvgIpc) is 2.75. The van der Waals surface area contributed by atoms with Crippen LogP contribution in [0.25, 0.3) is 0 Å². The summed E-state index contributed by atoms with van der Waals surface area (Å²) in [6.45, 7) is 9.47. The Balaban J connectivity index is 2.11. The van der Waals surface area contributed by atoms with Crippen molar-refractivity contribution in [2.45, 2.75) is 148 Å². The standard InChI is InChI=1S/C27H55NO/c1-3-5-7-9-11-13-16-21-27(22-17-14-12-10-8-6-4-2)29-26-20-25-28-23-18-15-19-24-28/h27H,3-26H2,1-2H3. The van der Waals surface area contributed by atoms with Crippen LogP contribution in [-0.2, 0) is 4.74 Å². The molecule has 0 amide bonds. The number of ether oxygens (including phenoxy) is 1. The number of unbranched alkanes of at least 4 members (excludes halogenated alkanes) is 12. The maximum atomic E-state index is 6.40. The van der Waals surface area contributed by atoms with Crippen molar-refractivity contribution in [1.82, 2.24) is 4.90 Å². The maximum Gasteiger partial charge on any atom is 0.0575 e. The molecule has 1 aliphatic heterocycles. The summed E-state index contributed by atoms with van der Waals surface area (Å²) < 4.78 is 6.40. The number of hydrogen-bond donors (Lipinski definition) is 0. The predicted octanol–water partition coefficient (Wildman–Crippen LogP) is 8.53. The molecule has 0 radical (unpaired) electrons. The van der Waals surface area contributed by atoms with Gasteiger partial charge in [0.1, 0.15) is 0 Å². The number of rotatable bonds is 21. The molecule has 2 heteroatoms. The highest BCUT2D eigenvalue weighted by atomic mass is 16.5. The van der Waals surface area contributed by atoms with Crippen LogP contribution < -0.4 is 0 Å². The Hall–Kier alpha value is -0.0800. The summed E-state index contributed by atoms with van der Waals surface area (Å²) in [5.41, 5.74) is 0. The van der Waals surface area contributed by atoms with Crippen LogP contribution in [0.3, 0.4) is 0 Å². The van der Waals surface area contributed by atoms with Crippen LogP contribution in [-0.4, -0.2) is 37.2 Å². The van der Waals surface area contributed by atoms with E-state index in [0.717, 1.165) is 6.61 Å². The fourth-order valence-electron chi connectivity index (χ4n) is 4.69. The van der Waals surface area contributed by atoms with E-state index in [1.54, 1.807) is 0 Å². The zero-order valence-electron chi connectivity index (χ0n) is 20.4. The average molecular weight is 410 g/mol. The number of nitrogens with zero attached hydrogens (tertiary/aromatic N) is 1. The van der Waals surface area contributed by atoms with Crippen molar-refractivity contribution in [3.05, 3.63) is 0 Å². The highest BCUT2D eigenvalue weighted by Gasteiger charge is 2.11. The summed E-state index contributed by atoms with van der Waals surface area (Å²) in [4.78, 5) is 2.65. The van der Waals surface area contributed by atoms with Gasteiger partial charge in [0.25, 0.3) is 0 Å². The van der Waals surface area contributed by atoms with Gasteiger partial charge in [0.15, 0.2) is 0 Å². The van der Waals surface area contributed by atoms with Crippen LogP contribution in [0.2, 0.25) is 0 Å². The quantitative estimate of drug-likeness (QED) is 0.176. The molecule has 1 saturated heterocycles. The Bertz CT molecular complexity index is 296. The third-order valence-electron chi connectivity index (χ3n) is 6.68. The van der Waals surface area contributed by atoms with Gasteiger partial charge in [-0.3, -0.25) is 0 Å². The molecule has 0 aromatic rings. The smallest absolute Gasteiger partial charge is 0.0575 e. The first-order valence-corrected chi connectivity index (χ1v) is 13.7. The largest absolute Gasteiger partial charge is 0.378 e. The minimum Gasteiger partial charge on any atom is -0.378 e. The summed E-state index contributed by atoms with van der Waals surface area (Å²) >= 11 is 0. The predicted molar refractivity (Wildman–Crippen MR) is 130 cm³/mol. The minimum absolute atomic E-state index is 0.530. The van der Waals surface area contributed by atoms with Gasteiger partial charge in [-0.25, -0.2) is 0 Å². The van der Waals surface area contributed by atoms with Gasteiger partial charge in [-0.15, -0.1) is 0 Å². The number of piperidine rings is 1. The first-order valence-electron chi connectivity index (χ1n) is 13.7. The first-order chi connectivity index (χ1) is 14.4. The summed E-state index contributed by atoms with van der Waals surface area (Å²) in [5, 5.41) is 0. The van der Waals surface area contributed by atoms with E-state index in [0.29, 0.717) is 6.10 Å². The Labute approximate surface area is 184 Å². The monoisotopic (exact) mass is 409 g/mol. The lowest BCUT2D eigenvalue weighted by Gasteiger charge is -2.26. The van der Waals surface area contributed by atoms with Crippen LogP contribution >= 0.6 is 0 Å². The molecule has 29 heavy (non-hydrogen) atoms. The second kappa shape index (κ2) is 21.2. The van der Waals surface area contributed by atoms with Gasteiger partial charge in [0.2, 0.25) is 0 Å². The molecule has 1 aliphatic rings. The van der Waals surface area contributed by atoms with Gasteiger partial charge < -0.3 is 9.64 Å². The molecule has 0 aromatic heterocycles. The molecule has 0 bridgehead atoms. The lowest BCUT2D eigenvalue weighted by Crippen LogP contribution is -2.31. The maximum absolute atomic E-state index is 6.40. The summed E-state index contributed by atoms with van der Waals surface area (Å²) in [5.74, 6) is 0. The molecule has 0 saturated carbocycles. The van der Waals surface area contributed by atoms with E-state index in [1.807, 2.05) is 0 Å². The third kappa shape index (κ3) is 17.3. The molecule has 1 rings (SSSR count). The van der Waals surface area contributed by atoms with Crippen molar-refractivity contribution < 1.29 is 4.74 Å². The van der Waals surface area contributed by atoms with E-state index in [4.69, 9.17) is 4.74 Å². The van der Waals surface area contributed by atoms with Crippen molar-refractivity contribution in [3.8, 4) is 0 Å². The minimum atomic E-state index is 0.530. The topological polar surface area (TPSA) is 12.5 Å². The Morgan fingerprint density at radius 1 is 0.586 bits per heavy atom. The Morgan fingerprint density at radius 3 is 1.59 bits per heavy atom. The zero-order valence-corrected chi connectivity index (χ0v) is 20.4. The summed E-state index contributed by atoms with van der Waals surface area (Å²) in [7, 11) is 0. The zero-order chi connectivity index (χ0) is 20.8.